The summed E-state index contributed by atoms with van der Waals surface area (Å²) in [4.78, 5) is 0. The molecule has 4 heteroatoms. The van der Waals surface area contributed by atoms with Crippen molar-refractivity contribution >= 4 is 7.44 Å². The maximum Gasteiger partial charge on any atom is 0.245 e. The number of hydrogen-bond acceptors (Lipinski definition) is 1. The first-order valence-corrected chi connectivity index (χ1v) is 5.85. The number of nitrogens with zero attached hydrogens (tertiary/aromatic N) is 2. The summed E-state index contributed by atoms with van der Waals surface area (Å²) >= 11 is 0. The highest BCUT2D eigenvalue weighted by atomic mass is 31.2. The Bertz CT molecular complexity index is 259. The Morgan fingerprint density at radius 2 is 1.54 bits per heavy atom. The molecule has 0 bridgehead atoms. The van der Waals surface area contributed by atoms with Crippen LogP contribution in [0.5, 0.6) is 0 Å². The summed E-state index contributed by atoms with van der Waals surface area (Å²) in [6.07, 6.45) is 0. The molecule has 0 heterocycles. The zero-order valence-corrected chi connectivity index (χ0v) is 10.2. The van der Waals surface area contributed by atoms with E-state index < -0.39 is 7.44 Å². The lowest BCUT2D eigenvalue weighted by molar-refractivity contribution is 0.459. The minimum absolute atomic E-state index is 1.03. The summed E-state index contributed by atoms with van der Waals surface area (Å²) in [5, 5.41) is 0. The average molecular weight is 202 g/mol. The molecular formula is C9H19N2OP. The van der Waals surface area contributed by atoms with Crippen LogP contribution < -0.4 is 0 Å². The predicted molar refractivity (Wildman–Crippen MR) is 57.9 cm³/mol. The lowest BCUT2D eigenvalue weighted by atomic mass is 10.4. The predicted octanol–water partition coefficient (Wildman–Crippen LogP) is 2.38. The van der Waals surface area contributed by atoms with Crippen molar-refractivity contribution in [2.75, 3.05) is 28.2 Å². The van der Waals surface area contributed by atoms with Gasteiger partial charge >= 0.3 is 0 Å². The molecule has 0 saturated heterocycles. The Morgan fingerprint density at radius 1 is 1.15 bits per heavy atom. The van der Waals surface area contributed by atoms with Gasteiger partial charge in [0.2, 0.25) is 7.44 Å². The van der Waals surface area contributed by atoms with Crippen LogP contribution in [0.25, 0.3) is 0 Å². The highest BCUT2D eigenvalue weighted by molar-refractivity contribution is 7.62. The third kappa shape index (κ3) is 3.50. The van der Waals surface area contributed by atoms with E-state index in [1.165, 1.54) is 0 Å². The fraction of sp³-hybridized carbons (Fsp3) is 0.667. The molecule has 0 aromatic carbocycles. The minimum Gasteiger partial charge on any atom is -0.284 e. The zero-order chi connectivity index (χ0) is 10.6. The lowest BCUT2D eigenvalue weighted by Crippen LogP contribution is -2.19. The zero-order valence-electron chi connectivity index (χ0n) is 9.33. The largest absolute Gasteiger partial charge is 0.284 e. The molecule has 0 saturated carbocycles. The molecule has 0 fully saturated rings. The molecule has 0 aromatic rings. The van der Waals surface area contributed by atoms with E-state index in [1.807, 2.05) is 42.0 Å². The highest BCUT2D eigenvalue weighted by Crippen LogP contribution is 2.50. The average Bonchev–Trinajstić information content (AvgIpc) is 1.99. The van der Waals surface area contributed by atoms with Gasteiger partial charge in [-0.1, -0.05) is 0 Å². The first-order chi connectivity index (χ1) is 5.80. The molecule has 0 aromatic heterocycles. The highest BCUT2D eigenvalue weighted by Gasteiger charge is 2.23. The summed E-state index contributed by atoms with van der Waals surface area (Å²) in [7, 11) is 4.73. The Balaban J connectivity index is 5.07. The van der Waals surface area contributed by atoms with Crippen LogP contribution in [-0.4, -0.2) is 37.5 Å². The van der Waals surface area contributed by atoms with Crippen LogP contribution in [0.1, 0.15) is 13.8 Å². The van der Waals surface area contributed by atoms with Gasteiger partial charge in [0.05, 0.1) is 0 Å². The molecule has 0 spiro atoms. The second-order valence-corrected chi connectivity index (χ2v) is 6.59. The van der Waals surface area contributed by atoms with E-state index in [2.05, 4.69) is 5.73 Å². The van der Waals surface area contributed by atoms with Gasteiger partial charge in [-0.05, 0) is 47.6 Å². The van der Waals surface area contributed by atoms with E-state index in [0.717, 1.165) is 5.57 Å². The van der Waals surface area contributed by atoms with Crippen molar-refractivity contribution < 1.29 is 4.57 Å². The first-order valence-electron chi connectivity index (χ1n) is 4.17. The van der Waals surface area contributed by atoms with Crippen LogP contribution in [0.2, 0.25) is 0 Å². The quantitative estimate of drug-likeness (QED) is 0.518. The van der Waals surface area contributed by atoms with Crippen LogP contribution in [0.4, 0.5) is 0 Å². The van der Waals surface area contributed by atoms with E-state index in [-0.39, 0.29) is 0 Å². The molecule has 0 amide bonds. The van der Waals surface area contributed by atoms with Gasteiger partial charge in [0.15, 0.2) is 0 Å². The molecule has 0 aliphatic heterocycles. The summed E-state index contributed by atoms with van der Waals surface area (Å²) in [6.45, 7) is 3.87. The topological polar surface area (TPSA) is 23.6 Å². The van der Waals surface area contributed by atoms with Crippen molar-refractivity contribution in [1.82, 2.24) is 9.34 Å². The van der Waals surface area contributed by atoms with Crippen molar-refractivity contribution in [3.05, 3.63) is 17.1 Å². The van der Waals surface area contributed by atoms with Gasteiger partial charge in [0.1, 0.15) is 0 Å². The second-order valence-electron chi connectivity index (χ2n) is 3.56. The molecular weight excluding hydrogens is 183 g/mol. The van der Waals surface area contributed by atoms with Crippen molar-refractivity contribution in [3.8, 4) is 0 Å². The SMILES string of the molecule is CC(C)=C=CP(=O)(N(C)C)N(C)C. The summed E-state index contributed by atoms with van der Waals surface area (Å²) in [6, 6.07) is 0. The normalized spacial score (nSPS) is 11.7. The van der Waals surface area contributed by atoms with Gasteiger partial charge in [-0.2, -0.15) is 0 Å². The fourth-order valence-electron chi connectivity index (χ4n) is 0.802. The second kappa shape index (κ2) is 4.78. The first kappa shape index (κ1) is 12.7. The molecule has 0 atom stereocenters. The van der Waals surface area contributed by atoms with Crippen molar-refractivity contribution in [3.63, 3.8) is 0 Å². The van der Waals surface area contributed by atoms with Crippen molar-refractivity contribution in [2.45, 2.75) is 13.8 Å². The van der Waals surface area contributed by atoms with Crippen LogP contribution in [-0.2, 0) is 4.57 Å². The van der Waals surface area contributed by atoms with E-state index >= 15 is 0 Å². The van der Waals surface area contributed by atoms with E-state index in [0.29, 0.717) is 0 Å². The maximum atomic E-state index is 12.2. The maximum absolute atomic E-state index is 12.2. The summed E-state index contributed by atoms with van der Waals surface area (Å²) in [5.41, 5.74) is 4.03. The third-order valence-electron chi connectivity index (χ3n) is 1.67. The van der Waals surface area contributed by atoms with Gasteiger partial charge < -0.3 is 0 Å². The van der Waals surface area contributed by atoms with Crippen LogP contribution in [0.15, 0.2) is 17.1 Å². The molecule has 0 radical (unpaired) electrons. The van der Waals surface area contributed by atoms with Gasteiger partial charge in [0, 0.05) is 5.82 Å². The summed E-state index contributed by atoms with van der Waals surface area (Å²) in [5.74, 6) is 1.66. The Morgan fingerprint density at radius 3 is 1.77 bits per heavy atom. The van der Waals surface area contributed by atoms with Crippen molar-refractivity contribution in [1.29, 1.82) is 0 Å². The van der Waals surface area contributed by atoms with Gasteiger partial charge in [0.25, 0.3) is 0 Å². The number of allylic oxidation sites excluding steroid dienone is 1. The van der Waals surface area contributed by atoms with Crippen LogP contribution in [0, 0.1) is 0 Å². The smallest absolute Gasteiger partial charge is 0.245 e. The Hall–Kier alpha value is -0.330. The Kier molecular flexibility index (Phi) is 4.66. The molecule has 0 rings (SSSR count). The number of rotatable bonds is 3. The van der Waals surface area contributed by atoms with Crippen molar-refractivity contribution in [2.24, 2.45) is 0 Å². The van der Waals surface area contributed by atoms with E-state index in [1.54, 1.807) is 15.2 Å². The minimum atomic E-state index is -2.51. The molecule has 0 aliphatic carbocycles. The van der Waals surface area contributed by atoms with Gasteiger partial charge in [-0.15, -0.1) is 5.73 Å². The van der Waals surface area contributed by atoms with E-state index in [9.17, 15) is 4.57 Å². The summed E-state index contributed by atoms with van der Waals surface area (Å²) < 4.78 is 15.7. The van der Waals surface area contributed by atoms with Gasteiger partial charge in [-0.3, -0.25) is 4.57 Å². The molecule has 0 aliphatic rings. The standard InChI is InChI=1S/C9H19N2OP/c1-9(2)7-8-13(12,10(3)4)11(5)6/h8H,1-6H3. The van der Waals surface area contributed by atoms with Gasteiger partial charge in [-0.25, -0.2) is 9.34 Å². The number of hydrogen-bond donors (Lipinski definition) is 0. The molecule has 76 valence electrons. The molecule has 3 nitrogen and oxygen atoms in total. The molecule has 13 heavy (non-hydrogen) atoms. The monoisotopic (exact) mass is 202 g/mol. The van der Waals surface area contributed by atoms with Crippen LogP contribution in [0.3, 0.4) is 0 Å². The lowest BCUT2D eigenvalue weighted by Gasteiger charge is -2.26. The van der Waals surface area contributed by atoms with Crippen LogP contribution >= 0.6 is 7.44 Å². The Labute approximate surface area is 81.2 Å². The molecule has 0 unspecified atom stereocenters. The third-order valence-corrected chi connectivity index (χ3v) is 4.43. The van der Waals surface area contributed by atoms with E-state index in [4.69, 9.17) is 0 Å². The molecule has 0 N–H and O–H groups in total. The fourth-order valence-corrected chi connectivity index (χ4v) is 2.41.